The summed E-state index contributed by atoms with van der Waals surface area (Å²) in [5.41, 5.74) is 0.551. The minimum atomic E-state index is 0.551. The molecule has 0 amide bonds. The fraction of sp³-hybridized carbons (Fsp3) is 0.955. The second kappa shape index (κ2) is 15.2. The molecule has 0 radical (unpaired) electrons. The van der Waals surface area contributed by atoms with Crippen LogP contribution >= 0.6 is 0 Å². The van der Waals surface area contributed by atoms with Crippen molar-refractivity contribution < 1.29 is 0 Å². The quantitative estimate of drug-likeness (QED) is 0.203. The van der Waals surface area contributed by atoms with Gasteiger partial charge in [0.1, 0.15) is 0 Å². The second-order valence-electron chi connectivity index (χ2n) is 8.37. The highest BCUT2D eigenvalue weighted by molar-refractivity contribution is 5.56. The lowest BCUT2D eigenvalue weighted by atomic mass is 9.82. The average Bonchev–Trinajstić information content (AvgIpc) is 2.52. The molecular weight excluding hydrogens is 278 g/mol. The minimum absolute atomic E-state index is 0.551. The lowest BCUT2D eigenvalue weighted by Crippen LogP contribution is -2.11. The summed E-state index contributed by atoms with van der Waals surface area (Å²) >= 11 is 0. The predicted octanol–water partition coefficient (Wildman–Crippen LogP) is 7.83. The summed E-state index contributed by atoms with van der Waals surface area (Å²) in [6, 6.07) is 0. The third-order valence-electron chi connectivity index (χ3n) is 4.99. The molecule has 0 bridgehead atoms. The standard InChI is InChI=1S/C22H45N/c1-6-8-10-11-12-15-19-23-20-21(3)16-13-14-18-22(4,5)17-9-7-2/h19,21H,6-18,20H2,1-5H3. The van der Waals surface area contributed by atoms with Gasteiger partial charge in [-0.1, -0.05) is 86.0 Å². The van der Waals surface area contributed by atoms with Crippen molar-refractivity contribution in [1.29, 1.82) is 0 Å². The van der Waals surface area contributed by atoms with Gasteiger partial charge in [0.2, 0.25) is 0 Å². The molecular formula is C22H45N. The smallest absolute Gasteiger partial charge is 0.0411 e. The largest absolute Gasteiger partial charge is 0.297 e. The molecule has 138 valence electrons. The molecule has 0 aliphatic rings. The van der Waals surface area contributed by atoms with E-state index in [1.165, 1.54) is 83.5 Å². The topological polar surface area (TPSA) is 12.4 Å². The van der Waals surface area contributed by atoms with Gasteiger partial charge in [0.15, 0.2) is 0 Å². The lowest BCUT2D eigenvalue weighted by molar-refractivity contribution is 0.283. The SMILES string of the molecule is CCCCCCCC=NCC(C)CCCCC(C)(C)CCCC. The lowest BCUT2D eigenvalue weighted by Gasteiger charge is -2.24. The molecule has 1 nitrogen and oxygen atoms in total. The van der Waals surface area contributed by atoms with E-state index in [9.17, 15) is 0 Å². The Balaban J connectivity index is 3.51. The van der Waals surface area contributed by atoms with Crippen LogP contribution in [-0.4, -0.2) is 12.8 Å². The van der Waals surface area contributed by atoms with Crippen molar-refractivity contribution in [1.82, 2.24) is 0 Å². The highest BCUT2D eigenvalue weighted by Crippen LogP contribution is 2.30. The van der Waals surface area contributed by atoms with Gasteiger partial charge in [0, 0.05) is 6.54 Å². The van der Waals surface area contributed by atoms with E-state index in [1.807, 2.05) is 0 Å². The van der Waals surface area contributed by atoms with E-state index < -0.39 is 0 Å². The van der Waals surface area contributed by atoms with Gasteiger partial charge in [-0.3, -0.25) is 4.99 Å². The first-order valence-electron chi connectivity index (χ1n) is 10.5. The summed E-state index contributed by atoms with van der Waals surface area (Å²) < 4.78 is 0. The van der Waals surface area contributed by atoms with E-state index in [2.05, 4.69) is 45.8 Å². The van der Waals surface area contributed by atoms with Crippen LogP contribution in [0.1, 0.15) is 118 Å². The Morgan fingerprint density at radius 3 is 2.17 bits per heavy atom. The molecule has 0 fully saturated rings. The maximum Gasteiger partial charge on any atom is 0.0411 e. The second-order valence-corrected chi connectivity index (χ2v) is 8.37. The zero-order valence-electron chi connectivity index (χ0n) is 17.0. The number of hydrogen-bond acceptors (Lipinski definition) is 1. The Morgan fingerprint density at radius 1 is 0.826 bits per heavy atom. The Morgan fingerprint density at radius 2 is 1.48 bits per heavy atom. The van der Waals surface area contributed by atoms with Gasteiger partial charge in [0.05, 0.1) is 0 Å². The van der Waals surface area contributed by atoms with Crippen molar-refractivity contribution in [3.63, 3.8) is 0 Å². The first-order valence-corrected chi connectivity index (χ1v) is 10.5. The van der Waals surface area contributed by atoms with E-state index in [1.54, 1.807) is 0 Å². The molecule has 0 saturated heterocycles. The average molecular weight is 324 g/mol. The van der Waals surface area contributed by atoms with E-state index >= 15 is 0 Å². The normalized spacial score (nSPS) is 13.8. The highest BCUT2D eigenvalue weighted by Gasteiger charge is 2.16. The Labute approximate surface area is 147 Å². The zero-order chi connectivity index (χ0) is 17.4. The van der Waals surface area contributed by atoms with Gasteiger partial charge in [-0.2, -0.15) is 0 Å². The van der Waals surface area contributed by atoms with Crippen molar-refractivity contribution in [3.8, 4) is 0 Å². The van der Waals surface area contributed by atoms with Crippen LogP contribution in [-0.2, 0) is 0 Å². The number of rotatable bonds is 16. The maximum absolute atomic E-state index is 4.63. The summed E-state index contributed by atoms with van der Waals surface area (Å²) in [4.78, 5) is 4.63. The summed E-state index contributed by atoms with van der Waals surface area (Å²) in [6.45, 7) is 12.8. The number of hydrogen-bond donors (Lipinski definition) is 0. The van der Waals surface area contributed by atoms with Gasteiger partial charge in [-0.15, -0.1) is 0 Å². The third kappa shape index (κ3) is 16.3. The number of unbranched alkanes of at least 4 members (excludes halogenated alkanes) is 7. The van der Waals surface area contributed by atoms with Gasteiger partial charge in [0.25, 0.3) is 0 Å². The molecule has 1 atom stereocenters. The van der Waals surface area contributed by atoms with Crippen LogP contribution in [0.5, 0.6) is 0 Å². The van der Waals surface area contributed by atoms with Crippen molar-refractivity contribution in [2.24, 2.45) is 16.3 Å². The van der Waals surface area contributed by atoms with Crippen molar-refractivity contribution in [3.05, 3.63) is 0 Å². The Bertz CT molecular complexity index is 267. The van der Waals surface area contributed by atoms with E-state index in [0.29, 0.717) is 5.41 Å². The van der Waals surface area contributed by atoms with Crippen molar-refractivity contribution >= 4 is 6.21 Å². The summed E-state index contributed by atoms with van der Waals surface area (Å²) in [7, 11) is 0. The molecule has 23 heavy (non-hydrogen) atoms. The fourth-order valence-corrected chi connectivity index (χ4v) is 3.15. The van der Waals surface area contributed by atoms with E-state index in [0.717, 1.165) is 12.5 Å². The van der Waals surface area contributed by atoms with Gasteiger partial charge in [-0.05, 0) is 49.7 Å². The van der Waals surface area contributed by atoms with Crippen LogP contribution in [0.2, 0.25) is 0 Å². The van der Waals surface area contributed by atoms with Crippen LogP contribution in [0.15, 0.2) is 4.99 Å². The molecule has 0 aromatic heterocycles. The molecule has 0 N–H and O–H groups in total. The summed E-state index contributed by atoms with van der Waals surface area (Å²) in [5.74, 6) is 0.755. The van der Waals surface area contributed by atoms with Crippen LogP contribution in [0.3, 0.4) is 0 Å². The first kappa shape index (κ1) is 22.7. The predicted molar refractivity (Wildman–Crippen MR) is 108 cm³/mol. The van der Waals surface area contributed by atoms with Crippen LogP contribution < -0.4 is 0 Å². The molecule has 1 unspecified atom stereocenters. The molecule has 0 aromatic carbocycles. The van der Waals surface area contributed by atoms with Crippen LogP contribution in [0, 0.1) is 11.3 Å². The number of nitrogens with zero attached hydrogens (tertiary/aromatic N) is 1. The van der Waals surface area contributed by atoms with E-state index in [-0.39, 0.29) is 0 Å². The zero-order valence-corrected chi connectivity index (χ0v) is 17.0. The Kier molecular flexibility index (Phi) is 15.0. The molecule has 0 aliphatic heterocycles. The van der Waals surface area contributed by atoms with Crippen LogP contribution in [0.4, 0.5) is 0 Å². The third-order valence-corrected chi connectivity index (χ3v) is 4.99. The monoisotopic (exact) mass is 323 g/mol. The summed E-state index contributed by atoms with van der Waals surface area (Å²) in [5, 5.41) is 0. The molecule has 1 heteroatoms. The summed E-state index contributed by atoms with van der Waals surface area (Å²) in [6.07, 6.45) is 19.8. The fourth-order valence-electron chi connectivity index (χ4n) is 3.15. The molecule has 0 aromatic rings. The molecule has 0 aliphatic carbocycles. The highest BCUT2D eigenvalue weighted by atomic mass is 14.7. The molecule has 0 rings (SSSR count). The molecule has 0 heterocycles. The van der Waals surface area contributed by atoms with Crippen molar-refractivity contribution in [2.45, 2.75) is 118 Å². The van der Waals surface area contributed by atoms with Crippen LogP contribution in [0.25, 0.3) is 0 Å². The van der Waals surface area contributed by atoms with Gasteiger partial charge < -0.3 is 0 Å². The molecule has 0 saturated carbocycles. The first-order chi connectivity index (χ1) is 11.0. The maximum atomic E-state index is 4.63. The van der Waals surface area contributed by atoms with Gasteiger partial charge >= 0.3 is 0 Å². The van der Waals surface area contributed by atoms with E-state index in [4.69, 9.17) is 0 Å². The van der Waals surface area contributed by atoms with Gasteiger partial charge in [-0.25, -0.2) is 0 Å². The number of aliphatic imine (C=N–C) groups is 1. The Hall–Kier alpha value is -0.330. The minimum Gasteiger partial charge on any atom is -0.297 e. The van der Waals surface area contributed by atoms with Crippen molar-refractivity contribution in [2.75, 3.05) is 6.54 Å². The molecule has 0 spiro atoms.